The number of hydrogen-bond acceptors (Lipinski definition) is 4. The van der Waals surface area contributed by atoms with Gasteiger partial charge in [0.25, 0.3) is 10.0 Å². The molecule has 0 aliphatic carbocycles. The molecule has 0 fully saturated rings. The maximum absolute atomic E-state index is 12.6. The molecule has 3 N–H and O–H groups in total. The van der Waals surface area contributed by atoms with Crippen LogP contribution < -0.4 is 10.0 Å². The maximum atomic E-state index is 12.6. The lowest BCUT2D eigenvalue weighted by Crippen LogP contribution is -2.17. The van der Waals surface area contributed by atoms with Gasteiger partial charge in [-0.2, -0.15) is 5.10 Å². The van der Waals surface area contributed by atoms with Crippen molar-refractivity contribution in [3.05, 3.63) is 38.5 Å². The summed E-state index contributed by atoms with van der Waals surface area (Å²) in [6, 6.07) is 5.22. The number of rotatable bonds is 5. The normalized spacial score (nSPS) is 11.6. The Balaban J connectivity index is 2.41. The van der Waals surface area contributed by atoms with Gasteiger partial charge in [-0.05, 0) is 48.1 Å². The lowest BCUT2D eigenvalue weighted by molar-refractivity contribution is 0.598. The molecule has 0 aliphatic heterocycles. The second-order valence-corrected chi connectivity index (χ2v) is 7.77. The third kappa shape index (κ3) is 3.65. The summed E-state index contributed by atoms with van der Waals surface area (Å²) in [7, 11) is -1.98. The zero-order valence-electron chi connectivity index (χ0n) is 11.4. The number of anilines is 1. The first kappa shape index (κ1) is 16.5. The van der Waals surface area contributed by atoms with Gasteiger partial charge in [0.15, 0.2) is 0 Å². The molecule has 2 aromatic rings. The van der Waals surface area contributed by atoms with Gasteiger partial charge in [-0.25, -0.2) is 8.42 Å². The summed E-state index contributed by atoms with van der Waals surface area (Å²) in [6.07, 6.45) is 0. The van der Waals surface area contributed by atoms with E-state index < -0.39 is 10.0 Å². The molecule has 9 heteroatoms. The predicted octanol–water partition coefficient (Wildman–Crippen LogP) is 2.76. The van der Waals surface area contributed by atoms with Crippen LogP contribution in [0.1, 0.15) is 11.4 Å². The Morgan fingerprint density at radius 2 is 2.05 bits per heavy atom. The Morgan fingerprint density at radius 3 is 2.67 bits per heavy atom. The van der Waals surface area contributed by atoms with Crippen molar-refractivity contribution >= 4 is 47.6 Å². The van der Waals surface area contributed by atoms with Crippen LogP contribution in [-0.4, -0.2) is 25.7 Å². The minimum atomic E-state index is -3.72. The van der Waals surface area contributed by atoms with E-state index >= 15 is 0 Å². The molecular weight excluding hydrogens is 424 g/mol. The van der Waals surface area contributed by atoms with E-state index in [2.05, 4.69) is 52.1 Å². The minimum Gasteiger partial charge on any atom is -0.314 e. The second-order valence-electron chi connectivity index (χ2n) is 4.38. The summed E-state index contributed by atoms with van der Waals surface area (Å²) in [6.45, 7) is 2.04. The highest BCUT2D eigenvalue weighted by molar-refractivity contribution is 9.11. The fourth-order valence-corrected chi connectivity index (χ4v) is 4.60. The smallest absolute Gasteiger partial charge is 0.265 e. The fraction of sp³-hybridized carbons (Fsp3) is 0.250. The van der Waals surface area contributed by atoms with Crippen molar-refractivity contribution in [2.24, 2.45) is 0 Å². The van der Waals surface area contributed by atoms with Gasteiger partial charge in [-0.3, -0.25) is 9.82 Å². The Bertz CT molecular complexity index is 759. The summed E-state index contributed by atoms with van der Waals surface area (Å²) in [5, 5.41) is 9.64. The van der Waals surface area contributed by atoms with Crippen molar-refractivity contribution in [2.45, 2.75) is 18.4 Å². The van der Waals surface area contributed by atoms with E-state index in [1.165, 1.54) is 0 Å². The van der Waals surface area contributed by atoms with Crippen molar-refractivity contribution in [3.63, 3.8) is 0 Å². The summed E-state index contributed by atoms with van der Waals surface area (Å²) in [5.41, 5.74) is 1.42. The minimum absolute atomic E-state index is 0.173. The van der Waals surface area contributed by atoms with Crippen LogP contribution in [0.3, 0.4) is 0 Å². The van der Waals surface area contributed by atoms with E-state index in [0.717, 1.165) is 4.47 Å². The van der Waals surface area contributed by atoms with Crippen molar-refractivity contribution in [3.8, 4) is 0 Å². The largest absolute Gasteiger partial charge is 0.314 e. The van der Waals surface area contributed by atoms with Crippen LogP contribution in [0.2, 0.25) is 0 Å². The number of halogens is 2. The predicted molar refractivity (Wildman–Crippen MR) is 88.7 cm³/mol. The average molecular weight is 438 g/mol. The second kappa shape index (κ2) is 6.47. The molecule has 2 rings (SSSR count). The van der Waals surface area contributed by atoms with Gasteiger partial charge in [0.2, 0.25) is 0 Å². The molecule has 1 aromatic heterocycles. The number of sulfonamides is 1. The SMILES string of the molecule is CNCc1n[nH]c(C)c1S(=O)(=O)Nc1ccc(Br)cc1Br. The van der Waals surface area contributed by atoms with Gasteiger partial charge in [0.1, 0.15) is 4.90 Å². The van der Waals surface area contributed by atoms with Gasteiger partial charge >= 0.3 is 0 Å². The molecule has 0 aliphatic rings. The van der Waals surface area contributed by atoms with Crippen LogP contribution in [-0.2, 0) is 16.6 Å². The number of nitrogens with zero attached hydrogens (tertiary/aromatic N) is 1. The standard InChI is InChI=1S/C12H14Br2N4O2S/c1-7-12(11(6-15-2)17-16-7)21(19,20)18-10-4-3-8(13)5-9(10)14/h3-5,15,18H,6H2,1-2H3,(H,16,17). The molecular formula is C12H14Br2N4O2S. The highest BCUT2D eigenvalue weighted by Gasteiger charge is 2.24. The highest BCUT2D eigenvalue weighted by Crippen LogP contribution is 2.29. The van der Waals surface area contributed by atoms with Gasteiger partial charge < -0.3 is 5.32 Å². The topological polar surface area (TPSA) is 86.9 Å². The first-order chi connectivity index (χ1) is 9.85. The van der Waals surface area contributed by atoms with Crippen LogP contribution >= 0.6 is 31.9 Å². The summed E-state index contributed by atoms with van der Waals surface area (Å²) in [4.78, 5) is 0.173. The van der Waals surface area contributed by atoms with Crippen molar-refractivity contribution in [1.29, 1.82) is 0 Å². The highest BCUT2D eigenvalue weighted by atomic mass is 79.9. The molecule has 0 bridgehead atoms. The third-order valence-electron chi connectivity index (χ3n) is 2.75. The summed E-state index contributed by atoms with van der Waals surface area (Å²) >= 11 is 6.67. The van der Waals surface area contributed by atoms with Crippen molar-refractivity contribution in [1.82, 2.24) is 15.5 Å². The van der Waals surface area contributed by atoms with Crippen LogP contribution in [0.25, 0.3) is 0 Å². The number of aromatic amines is 1. The lowest BCUT2D eigenvalue weighted by Gasteiger charge is -2.11. The summed E-state index contributed by atoms with van der Waals surface area (Å²) in [5.74, 6) is 0. The zero-order chi connectivity index (χ0) is 15.6. The molecule has 0 radical (unpaired) electrons. The molecule has 1 heterocycles. The molecule has 0 saturated carbocycles. The fourth-order valence-electron chi connectivity index (χ4n) is 1.88. The van der Waals surface area contributed by atoms with Gasteiger partial charge in [-0.1, -0.05) is 15.9 Å². The first-order valence-corrected chi connectivity index (χ1v) is 9.08. The molecule has 0 amide bonds. The third-order valence-corrected chi connectivity index (χ3v) is 5.47. The van der Waals surface area contributed by atoms with Crippen LogP contribution in [0.5, 0.6) is 0 Å². The van der Waals surface area contributed by atoms with Crippen LogP contribution in [0.4, 0.5) is 5.69 Å². The Kier molecular flexibility index (Phi) is 5.07. The van der Waals surface area contributed by atoms with E-state index in [-0.39, 0.29) is 4.90 Å². The van der Waals surface area contributed by atoms with Gasteiger partial charge in [0, 0.05) is 15.5 Å². The van der Waals surface area contributed by atoms with Crippen LogP contribution in [0, 0.1) is 6.92 Å². The van der Waals surface area contributed by atoms with E-state index in [9.17, 15) is 8.42 Å². The van der Waals surface area contributed by atoms with Gasteiger partial charge in [0.05, 0.1) is 17.1 Å². The summed E-state index contributed by atoms with van der Waals surface area (Å²) < 4.78 is 29.2. The monoisotopic (exact) mass is 436 g/mol. The van der Waals surface area contributed by atoms with Crippen molar-refractivity contribution in [2.75, 3.05) is 11.8 Å². The Labute approximate surface area is 140 Å². The number of nitrogens with one attached hydrogen (secondary N) is 3. The molecule has 21 heavy (non-hydrogen) atoms. The molecule has 6 nitrogen and oxygen atoms in total. The number of H-pyrrole nitrogens is 1. The van der Waals surface area contributed by atoms with E-state index in [1.807, 2.05) is 0 Å². The Morgan fingerprint density at radius 1 is 1.33 bits per heavy atom. The van der Waals surface area contributed by atoms with E-state index in [1.54, 1.807) is 32.2 Å². The lowest BCUT2D eigenvalue weighted by atomic mass is 10.3. The van der Waals surface area contributed by atoms with E-state index in [4.69, 9.17) is 0 Å². The average Bonchev–Trinajstić information content (AvgIpc) is 2.75. The number of aryl methyl sites for hydroxylation is 1. The number of hydrogen-bond donors (Lipinski definition) is 3. The molecule has 0 unspecified atom stereocenters. The Hall–Kier alpha value is -0.900. The number of benzene rings is 1. The molecule has 114 valence electrons. The maximum Gasteiger partial charge on any atom is 0.265 e. The van der Waals surface area contributed by atoms with Crippen molar-refractivity contribution < 1.29 is 8.42 Å². The van der Waals surface area contributed by atoms with Crippen LogP contribution in [0.15, 0.2) is 32.0 Å². The van der Waals surface area contributed by atoms with E-state index in [0.29, 0.717) is 28.1 Å². The molecule has 0 atom stereocenters. The quantitative estimate of drug-likeness (QED) is 0.671. The molecule has 0 saturated heterocycles. The zero-order valence-corrected chi connectivity index (χ0v) is 15.4. The first-order valence-electron chi connectivity index (χ1n) is 6.01. The van der Waals surface area contributed by atoms with Gasteiger partial charge in [-0.15, -0.1) is 0 Å². The number of aromatic nitrogens is 2. The molecule has 1 aromatic carbocycles. The molecule has 0 spiro atoms.